The molecule has 1 amide bonds. The number of para-hydroxylation sites is 1. The van der Waals surface area contributed by atoms with Gasteiger partial charge >= 0.3 is 5.84 Å². The number of nitrogens with one attached hydrogen (secondary N) is 1. The van der Waals surface area contributed by atoms with E-state index in [1.807, 2.05) is 0 Å². The van der Waals surface area contributed by atoms with Gasteiger partial charge < -0.3 is 9.73 Å². The number of rotatable bonds is 4. The first-order valence-electron chi connectivity index (χ1n) is 5.56. The number of hydrogen-bond donors (Lipinski definition) is 1. The molecule has 0 saturated carbocycles. The van der Waals surface area contributed by atoms with E-state index in [-0.39, 0.29) is 11.7 Å². The van der Waals surface area contributed by atoms with E-state index in [0.29, 0.717) is 21.8 Å². The van der Waals surface area contributed by atoms with E-state index in [4.69, 9.17) is 16.0 Å². The van der Waals surface area contributed by atoms with E-state index in [9.17, 15) is 4.79 Å². The van der Waals surface area contributed by atoms with Gasteiger partial charge in [-0.15, -0.1) is 10.2 Å². The van der Waals surface area contributed by atoms with Crippen LogP contribution < -0.4 is 5.32 Å². The van der Waals surface area contributed by atoms with E-state index in [0.717, 1.165) is 11.8 Å². The second-order valence-corrected chi connectivity index (χ2v) is 5.08. The first kappa shape index (κ1) is 12.9. The molecule has 0 aliphatic carbocycles. The molecule has 1 aromatic carbocycles. The highest BCUT2D eigenvalue weighted by Gasteiger charge is 2.11. The van der Waals surface area contributed by atoms with Gasteiger partial charge in [0.15, 0.2) is 0 Å². The molecular weight excluding hydrogens is 302 g/mol. The van der Waals surface area contributed by atoms with Crippen LogP contribution in [0.3, 0.4) is 0 Å². The highest BCUT2D eigenvalue weighted by atomic mass is 35.5. The Morgan fingerprint density at radius 1 is 1.45 bits per heavy atom. The first-order valence-corrected chi connectivity index (χ1v) is 6.93. The summed E-state index contributed by atoms with van der Waals surface area (Å²) >= 11 is 7.12. The second-order valence-electron chi connectivity index (χ2n) is 3.74. The lowest BCUT2D eigenvalue weighted by molar-refractivity contribution is -0.113. The molecule has 0 radical (unpaired) electrons. The summed E-state index contributed by atoms with van der Waals surface area (Å²) in [6.07, 6.45) is 1.42. The highest BCUT2D eigenvalue weighted by Crippen LogP contribution is 2.22. The number of benzene rings is 1. The van der Waals surface area contributed by atoms with Crippen LogP contribution in [0.15, 0.2) is 40.2 Å². The number of halogens is 1. The molecule has 0 fully saturated rings. The van der Waals surface area contributed by atoms with Gasteiger partial charge in [0.25, 0.3) is 5.22 Å². The van der Waals surface area contributed by atoms with Gasteiger partial charge in [0.05, 0.1) is 16.5 Å². The Hall–Kier alpha value is -2.06. The van der Waals surface area contributed by atoms with Crippen LogP contribution in [0.5, 0.6) is 0 Å². The third-order valence-electron chi connectivity index (χ3n) is 2.34. The summed E-state index contributed by atoms with van der Waals surface area (Å²) in [5.41, 5.74) is 0.575. The van der Waals surface area contributed by atoms with Crippen molar-refractivity contribution < 1.29 is 9.21 Å². The van der Waals surface area contributed by atoms with Crippen LogP contribution in [0.2, 0.25) is 5.02 Å². The maximum absolute atomic E-state index is 11.8. The monoisotopic (exact) mass is 309 g/mol. The third kappa shape index (κ3) is 2.75. The molecule has 2 aromatic heterocycles. The van der Waals surface area contributed by atoms with Gasteiger partial charge in [0.2, 0.25) is 5.91 Å². The fourth-order valence-corrected chi connectivity index (χ4v) is 2.26. The molecule has 102 valence electrons. The van der Waals surface area contributed by atoms with Crippen molar-refractivity contribution in [1.29, 1.82) is 0 Å². The maximum Gasteiger partial charge on any atom is 0.345 e. The first-order chi connectivity index (χ1) is 9.72. The molecule has 3 rings (SSSR count). The third-order valence-corrected chi connectivity index (χ3v) is 3.49. The number of carbonyl (C=O) groups is 1. The average molecular weight is 310 g/mol. The molecule has 7 nitrogen and oxygen atoms in total. The van der Waals surface area contributed by atoms with Crippen molar-refractivity contribution in [2.45, 2.75) is 5.22 Å². The van der Waals surface area contributed by atoms with Gasteiger partial charge in [-0.3, -0.25) is 4.79 Å². The van der Waals surface area contributed by atoms with Crippen LogP contribution in [0.25, 0.3) is 5.84 Å². The van der Waals surface area contributed by atoms with Gasteiger partial charge in [0.1, 0.15) is 6.33 Å². The largest absolute Gasteiger partial charge is 0.396 e. The van der Waals surface area contributed by atoms with Crippen molar-refractivity contribution in [3.63, 3.8) is 0 Å². The van der Waals surface area contributed by atoms with Crippen molar-refractivity contribution >= 4 is 40.8 Å². The second kappa shape index (κ2) is 5.51. The highest BCUT2D eigenvalue weighted by molar-refractivity contribution is 7.99. The molecule has 0 saturated heterocycles. The average Bonchev–Trinajstić information content (AvgIpc) is 3.00. The Balaban J connectivity index is 1.59. The van der Waals surface area contributed by atoms with Crippen LogP contribution in [0.4, 0.5) is 5.69 Å². The van der Waals surface area contributed by atoms with E-state index in [1.165, 1.54) is 10.8 Å². The van der Waals surface area contributed by atoms with Crippen molar-refractivity contribution in [2.75, 3.05) is 11.1 Å². The Kier molecular flexibility index (Phi) is 3.57. The van der Waals surface area contributed by atoms with Crippen LogP contribution >= 0.6 is 23.4 Å². The smallest absolute Gasteiger partial charge is 0.345 e. The zero-order chi connectivity index (χ0) is 13.9. The van der Waals surface area contributed by atoms with Gasteiger partial charge in [-0.05, 0) is 12.1 Å². The number of nitrogens with zero attached hydrogens (tertiary/aromatic N) is 4. The zero-order valence-corrected chi connectivity index (χ0v) is 11.6. The summed E-state index contributed by atoms with van der Waals surface area (Å²) in [7, 11) is 0. The minimum atomic E-state index is -0.197. The molecule has 9 heteroatoms. The van der Waals surface area contributed by atoms with Crippen LogP contribution in [0.1, 0.15) is 0 Å². The summed E-state index contributed by atoms with van der Waals surface area (Å²) in [6, 6.07) is 7.03. The van der Waals surface area contributed by atoms with Crippen LogP contribution in [0, 0.1) is 0 Å². The van der Waals surface area contributed by atoms with E-state index in [1.54, 1.807) is 24.3 Å². The predicted molar refractivity (Wildman–Crippen MR) is 73.9 cm³/mol. The van der Waals surface area contributed by atoms with E-state index >= 15 is 0 Å². The molecule has 0 aliphatic rings. The van der Waals surface area contributed by atoms with E-state index < -0.39 is 0 Å². The number of fused-ring (bicyclic) bond motifs is 1. The molecule has 20 heavy (non-hydrogen) atoms. The summed E-state index contributed by atoms with van der Waals surface area (Å²) in [5.74, 6) is 0.249. The lowest BCUT2D eigenvalue weighted by Gasteiger charge is -2.05. The van der Waals surface area contributed by atoms with Gasteiger partial charge in [-0.1, -0.05) is 40.6 Å². The van der Waals surface area contributed by atoms with Gasteiger partial charge in [-0.2, -0.15) is 4.52 Å². The number of hydrogen-bond acceptors (Lipinski definition) is 6. The number of amides is 1. The van der Waals surface area contributed by atoms with Crippen LogP contribution in [-0.2, 0) is 4.79 Å². The molecule has 2 heterocycles. The number of thioether (sulfide) groups is 1. The minimum Gasteiger partial charge on any atom is -0.396 e. The maximum atomic E-state index is 11.8. The van der Waals surface area contributed by atoms with Crippen molar-refractivity contribution in [3.05, 3.63) is 35.6 Å². The molecule has 1 N–H and O–H groups in total. The molecule has 0 spiro atoms. The zero-order valence-electron chi connectivity index (χ0n) is 9.99. The number of aromatic nitrogens is 4. The molecule has 3 aromatic rings. The Morgan fingerprint density at radius 2 is 2.30 bits per heavy atom. The summed E-state index contributed by atoms with van der Waals surface area (Å²) in [4.78, 5) is 11.8. The Morgan fingerprint density at radius 3 is 3.10 bits per heavy atom. The van der Waals surface area contributed by atoms with Gasteiger partial charge in [0, 0.05) is 0 Å². The molecule has 0 bridgehead atoms. The lowest BCUT2D eigenvalue weighted by Crippen LogP contribution is -2.14. The van der Waals surface area contributed by atoms with Crippen LogP contribution in [-0.4, -0.2) is 31.5 Å². The molecule has 0 unspecified atom stereocenters. The normalized spacial score (nSPS) is 10.8. The summed E-state index contributed by atoms with van der Waals surface area (Å²) < 4.78 is 6.66. The fraction of sp³-hybridized carbons (Fsp3) is 0.0909. The van der Waals surface area contributed by atoms with Crippen molar-refractivity contribution in [1.82, 2.24) is 19.8 Å². The number of anilines is 1. The Labute approximate surface area is 122 Å². The Bertz CT molecular complexity index is 727. The SMILES string of the molecule is O=C(CSc1nn2cnnc2o1)Nc1ccccc1Cl. The topological polar surface area (TPSA) is 85.3 Å². The lowest BCUT2D eigenvalue weighted by atomic mass is 10.3. The predicted octanol–water partition coefficient (Wildman–Crippen LogP) is 2.10. The summed E-state index contributed by atoms with van der Waals surface area (Å²) in [5, 5.41) is 14.9. The van der Waals surface area contributed by atoms with Crippen molar-refractivity contribution in [3.8, 4) is 0 Å². The van der Waals surface area contributed by atoms with E-state index in [2.05, 4.69) is 20.6 Å². The van der Waals surface area contributed by atoms with Crippen molar-refractivity contribution in [2.24, 2.45) is 0 Å². The molecular formula is C11H8ClN5O2S. The molecule has 0 atom stereocenters. The quantitative estimate of drug-likeness (QED) is 0.743. The summed E-state index contributed by atoms with van der Waals surface area (Å²) in [6.45, 7) is 0. The fourth-order valence-electron chi connectivity index (χ4n) is 1.48. The molecule has 0 aliphatic heterocycles. The number of carbonyl (C=O) groups excluding carboxylic acids is 1. The standard InChI is InChI=1S/C11H8ClN5O2S/c12-7-3-1-2-4-8(7)14-9(18)5-20-11-16-17-6-13-15-10(17)19-11/h1-4,6H,5H2,(H,14,18). The van der Waals surface area contributed by atoms with Gasteiger partial charge in [-0.25, -0.2) is 0 Å². The minimum absolute atomic E-state index is 0.155.